The smallest absolute Gasteiger partial charge is 1.00 e. The third-order valence-corrected chi connectivity index (χ3v) is 16.6. The van der Waals surface area contributed by atoms with Crippen LogP contribution in [-0.4, -0.2) is 127 Å². The molecule has 0 aliphatic heterocycles. The van der Waals surface area contributed by atoms with Crippen LogP contribution in [0, 0.1) is 0 Å². The first kappa shape index (κ1) is 91.1. The molecule has 0 saturated carbocycles. The molecule has 0 saturated heterocycles. The fourth-order valence-electron chi connectivity index (χ4n) is 1.20. The van der Waals surface area contributed by atoms with E-state index in [1.807, 2.05) is 0 Å². The van der Waals surface area contributed by atoms with Gasteiger partial charge in [0.2, 0.25) is 0 Å². The number of hydrogen-bond donors (Lipinski definition) is 20. The molecular formula is C5H37Na7O30P10. The normalized spacial score (nSPS) is 11.9. The van der Waals surface area contributed by atoms with Gasteiger partial charge in [-0.05, 0) is 0 Å². The zero-order chi connectivity index (χ0) is 38.5. The first-order chi connectivity index (χ1) is 18.5. The Bertz CT molecular complexity index is 1060. The van der Waals surface area contributed by atoms with Gasteiger partial charge >= 0.3 is 283 Å². The number of hydrogen-bond acceptors (Lipinski definition) is 10. The Hall–Kier alpha value is 8.50. The van der Waals surface area contributed by atoms with Crippen molar-refractivity contribution in [3.8, 4) is 0 Å². The van der Waals surface area contributed by atoms with Crippen LogP contribution >= 0.6 is 76.0 Å². The summed E-state index contributed by atoms with van der Waals surface area (Å²) in [5, 5.41) is 0. The second-order valence-corrected chi connectivity index (χ2v) is 26.3. The van der Waals surface area contributed by atoms with E-state index in [1.54, 1.807) is 0 Å². The summed E-state index contributed by atoms with van der Waals surface area (Å²) < 4.78 is 98.5. The van der Waals surface area contributed by atoms with Gasteiger partial charge in [0.15, 0.2) is 29.5 Å². The molecule has 0 aliphatic carbocycles. The number of rotatable bonds is 10. The van der Waals surface area contributed by atoms with Crippen LogP contribution in [0.3, 0.4) is 0 Å². The summed E-state index contributed by atoms with van der Waals surface area (Å²) in [5.74, 6) is -6.88. The van der Waals surface area contributed by atoms with Gasteiger partial charge in [0, 0.05) is 0 Å². The minimum Gasteiger partial charge on any atom is -1.00 e. The Morgan fingerprint density at radius 1 is 0.192 bits per heavy atom. The fraction of sp³-hybridized carbons (Fsp3) is 1.00. The van der Waals surface area contributed by atoms with Crippen LogP contribution in [-0.2, 0) is 45.7 Å². The molecule has 0 amide bonds. The molecule has 0 atom stereocenters. The molecule has 0 aliphatic rings. The van der Waals surface area contributed by atoms with Crippen molar-refractivity contribution in [3.05, 3.63) is 0 Å². The molecule has 52 heavy (non-hydrogen) atoms. The molecule has 0 rings (SSSR count). The maximum atomic E-state index is 9.85. The second kappa shape index (κ2) is 37.7. The molecular weight excluding hydrogens is 1010 g/mol. The Kier molecular flexibility index (Phi) is 66.0. The van der Waals surface area contributed by atoms with Gasteiger partial charge in [-0.25, -0.2) is 0 Å². The standard InChI is InChI=1S/5CH6O6P2.7Na.7H/c5*2-8(3,4)1-9(5,6)7;;;;;;;;;;;;;;/h5*1H2,(H2,2,3,4)(H2,5,6,7);;;;;;;;;;;;;;/q;;;;;7*+1;7*-1. The maximum Gasteiger partial charge on any atom is 1.00 e. The van der Waals surface area contributed by atoms with E-state index in [1.165, 1.54) is 0 Å². The quantitative estimate of drug-likeness (QED) is 0.0713. The van der Waals surface area contributed by atoms with E-state index in [-0.39, 0.29) is 217 Å². The first-order valence-corrected chi connectivity index (χ1v) is 27.0. The van der Waals surface area contributed by atoms with Crippen molar-refractivity contribution in [2.24, 2.45) is 0 Å². The van der Waals surface area contributed by atoms with E-state index in [0.717, 1.165) is 0 Å². The van der Waals surface area contributed by atoms with E-state index in [9.17, 15) is 45.7 Å². The zero-order valence-electron chi connectivity index (χ0n) is 35.0. The fourth-order valence-corrected chi connectivity index (χ4v) is 10.8. The van der Waals surface area contributed by atoms with Crippen LogP contribution in [0.4, 0.5) is 0 Å². The topological polar surface area (TPSA) is 575 Å². The van der Waals surface area contributed by atoms with Crippen molar-refractivity contribution in [1.82, 2.24) is 0 Å². The monoisotopic (exact) mass is 1050 g/mol. The van der Waals surface area contributed by atoms with Crippen molar-refractivity contribution >= 4 is 76.0 Å². The van der Waals surface area contributed by atoms with Gasteiger partial charge in [-0.3, -0.25) is 45.7 Å². The third-order valence-electron chi connectivity index (χ3n) is 1.84. The van der Waals surface area contributed by atoms with E-state index in [0.29, 0.717) is 0 Å². The molecule has 0 heterocycles. The zero-order valence-corrected chi connectivity index (χ0v) is 51.0. The van der Waals surface area contributed by atoms with Gasteiger partial charge in [-0.15, -0.1) is 0 Å². The molecule has 0 fully saturated rings. The Morgan fingerprint density at radius 2 is 0.231 bits per heavy atom. The molecule has 294 valence electrons. The SMILES string of the molecule is O=P(O)(O)CP(=O)(O)O.O=P(O)(O)CP(=O)(O)O.O=P(O)(O)CP(=O)(O)O.O=P(O)(O)CP(=O)(O)O.O=P(O)(O)CP(=O)(O)O.[H-].[H-].[H-].[H-].[H-].[H-].[H-].[Na+].[Na+].[Na+].[Na+].[Na+].[Na+].[Na+]. The summed E-state index contributed by atoms with van der Waals surface area (Å²) in [4.78, 5) is 159. The molecule has 20 N–H and O–H groups in total. The minimum absolute atomic E-state index is 0. The van der Waals surface area contributed by atoms with Crippen molar-refractivity contribution < 1.29 is 360 Å². The summed E-state index contributed by atoms with van der Waals surface area (Å²) in [5.41, 5.74) is 0. The van der Waals surface area contributed by atoms with E-state index in [4.69, 9.17) is 97.9 Å². The minimum atomic E-state index is -4.55. The summed E-state index contributed by atoms with van der Waals surface area (Å²) >= 11 is 0. The molecule has 0 bridgehead atoms. The first-order valence-electron chi connectivity index (χ1n) is 8.99. The van der Waals surface area contributed by atoms with Gasteiger partial charge < -0.3 is 108 Å². The summed E-state index contributed by atoms with van der Waals surface area (Å²) in [6, 6.07) is 0. The van der Waals surface area contributed by atoms with Crippen LogP contribution in [0.2, 0.25) is 0 Å². The van der Waals surface area contributed by atoms with E-state index < -0.39 is 105 Å². The van der Waals surface area contributed by atoms with Gasteiger partial charge in [0.25, 0.3) is 0 Å². The third kappa shape index (κ3) is 130. The molecule has 0 aromatic heterocycles. The van der Waals surface area contributed by atoms with Gasteiger partial charge in [-0.1, -0.05) is 0 Å². The predicted octanol–water partition coefficient (Wildman–Crippen LogP) is -23.7. The molecule has 30 nitrogen and oxygen atoms in total. The summed E-state index contributed by atoms with van der Waals surface area (Å²) in [7, 11) is -45.5. The van der Waals surface area contributed by atoms with Crippen molar-refractivity contribution in [1.29, 1.82) is 0 Å². The van der Waals surface area contributed by atoms with Gasteiger partial charge in [-0.2, -0.15) is 0 Å². The molecule has 0 aromatic carbocycles. The molecule has 0 unspecified atom stereocenters. The Labute approximate surface area is 458 Å². The molecule has 0 spiro atoms. The van der Waals surface area contributed by atoms with Crippen molar-refractivity contribution in [3.63, 3.8) is 0 Å². The van der Waals surface area contributed by atoms with Crippen LogP contribution < -0.4 is 207 Å². The van der Waals surface area contributed by atoms with Crippen LogP contribution in [0.1, 0.15) is 9.99 Å². The average molecular weight is 1050 g/mol. The van der Waals surface area contributed by atoms with Crippen molar-refractivity contribution in [2.75, 3.05) is 29.5 Å². The van der Waals surface area contributed by atoms with Crippen LogP contribution in [0.15, 0.2) is 0 Å². The van der Waals surface area contributed by atoms with Gasteiger partial charge in [0.05, 0.1) is 0 Å². The van der Waals surface area contributed by atoms with Crippen LogP contribution in [0.5, 0.6) is 0 Å². The molecule has 0 aromatic rings. The maximum absolute atomic E-state index is 9.85. The van der Waals surface area contributed by atoms with E-state index >= 15 is 0 Å². The van der Waals surface area contributed by atoms with Crippen LogP contribution in [0.25, 0.3) is 0 Å². The predicted molar refractivity (Wildman–Crippen MR) is 153 cm³/mol. The summed E-state index contributed by atoms with van der Waals surface area (Å²) in [6.45, 7) is 0. The van der Waals surface area contributed by atoms with E-state index in [2.05, 4.69) is 0 Å². The Balaban J connectivity index is -0.0000000188. The van der Waals surface area contributed by atoms with Crippen molar-refractivity contribution in [2.45, 2.75) is 0 Å². The second-order valence-electron chi connectivity index (χ2n) is 7.35. The Morgan fingerprint density at radius 3 is 0.231 bits per heavy atom. The molecule has 0 radical (unpaired) electrons. The largest absolute Gasteiger partial charge is 1.00 e. The molecule has 47 heteroatoms. The van der Waals surface area contributed by atoms with Gasteiger partial charge in [0.1, 0.15) is 0 Å². The average Bonchev–Trinajstić information content (AvgIpc) is 2.36. The summed E-state index contributed by atoms with van der Waals surface area (Å²) in [6.07, 6.45) is 0.